The maximum absolute atomic E-state index is 12.3. The van der Waals surface area contributed by atoms with Gasteiger partial charge in [0.25, 0.3) is 5.91 Å². The number of anilines is 1. The molecular weight excluding hydrogens is 332 g/mol. The molecule has 0 unspecified atom stereocenters. The van der Waals surface area contributed by atoms with Crippen molar-refractivity contribution in [3.8, 4) is 0 Å². The largest absolute Gasteiger partial charge is 0.359 e. The van der Waals surface area contributed by atoms with E-state index in [9.17, 15) is 4.79 Å². The van der Waals surface area contributed by atoms with Crippen LogP contribution in [-0.2, 0) is 12.8 Å². The topological polar surface area (TPSA) is 58.1 Å². The standard InChI is InChI=1S/C19H20N4OS/c1-23-12-10-13-8-9-15(22-18(13)23)19(24)20-11-4-7-17-21-14-5-2-3-6-16(14)25-17/h2-3,5-6,8-9H,4,7,10-12H2,1H3,(H,20,24). The number of nitrogens with zero attached hydrogens (tertiary/aromatic N) is 3. The highest BCUT2D eigenvalue weighted by atomic mass is 32.1. The highest BCUT2D eigenvalue weighted by Crippen LogP contribution is 2.24. The van der Waals surface area contributed by atoms with E-state index in [2.05, 4.69) is 26.3 Å². The highest BCUT2D eigenvalue weighted by molar-refractivity contribution is 7.18. The molecule has 0 saturated heterocycles. The van der Waals surface area contributed by atoms with Crippen molar-refractivity contribution >= 4 is 33.3 Å². The average molecular weight is 352 g/mol. The van der Waals surface area contributed by atoms with Crippen molar-refractivity contribution in [1.82, 2.24) is 15.3 Å². The molecule has 1 aromatic carbocycles. The minimum atomic E-state index is -0.104. The van der Waals surface area contributed by atoms with Crippen molar-refractivity contribution in [1.29, 1.82) is 0 Å². The number of pyridine rings is 1. The number of rotatable bonds is 5. The zero-order chi connectivity index (χ0) is 17.2. The van der Waals surface area contributed by atoms with Gasteiger partial charge >= 0.3 is 0 Å². The van der Waals surface area contributed by atoms with Crippen LogP contribution in [0.3, 0.4) is 0 Å². The summed E-state index contributed by atoms with van der Waals surface area (Å²) in [7, 11) is 2.01. The number of hydrogen-bond acceptors (Lipinski definition) is 5. The maximum Gasteiger partial charge on any atom is 0.269 e. The summed E-state index contributed by atoms with van der Waals surface area (Å²) >= 11 is 1.72. The summed E-state index contributed by atoms with van der Waals surface area (Å²) < 4.78 is 1.22. The molecule has 25 heavy (non-hydrogen) atoms. The van der Waals surface area contributed by atoms with E-state index in [-0.39, 0.29) is 5.91 Å². The van der Waals surface area contributed by atoms with Crippen molar-refractivity contribution in [2.24, 2.45) is 0 Å². The first-order chi connectivity index (χ1) is 12.2. The number of thiazole rings is 1. The number of aromatic nitrogens is 2. The second kappa shape index (κ2) is 6.80. The molecule has 0 aliphatic carbocycles. The van der Waals surface area contributed by atoms with Gasteiger partial charge in [0.2, 0.25) is 0 Å². The van der Waals surface area contributed by atoms with Crippen LogP contribution >= 0.6 is 11.3 Å². The summed E-state index contributed by atoms with van der Waals surface area (Å²) in [5, 5.41) is 4.08. The van der Waals surface area contributed by atoms with E-state index in [1.807, 2.05) is 37.4 Å². The monoisotopic (exact) mass is 352 g/mol. The molecule has 5 nitrogen and oxygen atoms in total. The van der Waals surface area contributed by atoms with E-state index < -0.39 is 0 Å². The van der Waals surface area contributed by atoms with E-state index in [4.69, 9.17) is 0 Å². The van der Waals surface area contributed by atoms with Crippen molar-refractivity contribution < 1.29 is 4.79 Å². The molecule has 3 heterocycles. The lowest BCUT2D eigenvalue weighted by Gasteiger charge is -2.11. The first kappa shape index (κ1) is 16.0. The molecule has 0 fully saturated rings. The Morgan fingerprint density at radius 1 is 1.24 bits per heavy atom. The Kier molecular flexibility index (Phi) is 4.36. The summed E-state index contributed by atoms with van der Waals surface area (Å²) in [5.74, 6) is 0.828. The highest BCUT2D eigenvalue weighted by Gasteiger charge is 2.19. The lowest BCUT2D eigenvalue weighted by molar-refractivity contribution is 0.0948. The number of nitrogens with one attached hydrogen (secondary N) is 1. The molecule has 1 aliphatic rings. The van der Waals surface area contributed by atoms with E-state index >= 15 is 0 Å². The lowest BCUT2D eigenvalue weighted by atomic mass is 10.2. The fraction of sp³-hybridized carbons (Fsp3) is 0.316. The van der Waals surface area contributed by atoms with Crippen LogP contribution in [-0.4, -0.2) is 36.0 Å². The number of para-hydroxylation sites is 1. The number of amides is 1. The molecule has 0 bridgehead atoms. The smallest absolute Gasteiger partial charge is 0.269 e. The van der Waals surface area contributed by atoms with Gasteiger partial charge in [0.15, 0.2) is 0 Å². The van der Waals surface area contributed by atoms with Crippen LogP contribution in [0.15, 0.2) is 36.4 Å². The summed E-state index contributed by atoms with van der Waals surface area (Å²) in [6.07, 6.45) is 2.75. The molecule has 1 N–H and O–H groups in total. The predicted molar refractivity (Wildman–Crippen MR) is 101 cm³/mol. The zero-order valence-corrected chi connectivity index (χ0v) is 15.0. The number of benzene rings is 1. The Hall–Kier alpha value is -2.47. The summed E-state index contributed by atoms with van der Waals surface area (Å²) in [6, 6.07) is 12.0. The van der Waals surface area contributed by atoms with Crippen molar-refractivity contribution in [2.45, 2.75) is 19.3 Å². The average Bonchev–Trinajstić information content (AvgIpc) is 3.21. The first-order valence-electron chi connectivity index (χ1n) is 8.54. The first-order valence-corrected chi connectivity index (χ1v) is 9.36. The van der Waals surface area contributed by atoms with Crippen LogP contribution in [0.25, 0.3) is 10.2 Å². The number of likely N-dealkylation sites (N-methyl/N-ethyl adjacent to an activating group) is 1. The molecule has 0 radical (unpaired) electrons. The SMILES string of the molecule is CN1CCc2ccc(C(=O)NCCCc3nc4ccccc4s3)nc21. The van der Waals surface area contributed by atoms with Gasteiger partial charge in [0.1, 0.15) is 11.5 Å². The Bertz CT molecular complexity index is 888. The third-order valence-corrected chi connectivity index (χ3v) is 5.55. The fourth-order valence-corrected chi connectivity index (χ4v) is 4.09. The van der Waals surface area contributed by atoms with Gasteiger partial charge in [-0.25, -0.2) is 9.97 Å². The predicted octanol–water partition coefficient (Wildman–Crippen LogP) is 3.05. The summed E-state index contributed by atoms with van der Waals surface area (Å²) in [6.45, 7) is 1.60. The minimum absolute atomic E-state index is 0.104. The molecule has 1 amide bonds. The molecule has 0 saturated carbocycles. The molecule has 3 aromatic rings. The van der Waals surface area contributed by atoms with Crippen LogP contribution in [0, 0.1) is 0 Å². The van der Waals surface area contributed by atoms with E-state index in [1.165, 1.54) is 10.3 Å². The second-order valence-corrected chi connectivity index (χ2v) is 7.40. The van der Waals surface area contributed by atoms with Gasteiger partial charge in [-0.05, 0) is 36.6 Å². The van der Waals surface area contributed by atoms with Gasteiger partial charge in [-0.2, -0.15) is 0 Å². The van der Waals surface area contributed by atoms with Gasteiger partial charge in [0, 0.05) is 26.6 Å². The van der Waals surface area contributed by atoms with Crippen molar-refractivity contribution in [3.63, 3.8) is 0 Å². The van der Waals surface area contributed by atoms with Gasteiger partial charge in [-0.3, -0.25) is 4.79 Å². The fourth-order valence-electron chi connectivity index (χ4n) is 3.08. The number of fused-ring (bicyclic) bond motifs is 2. The second-order valence-electron chi connectivity index (χ2n) is 6.29. The minimum Gasteiger partial charge on any atom is -0.359 e. The third-order valence-electron chi connectivity index (χ3n) is 4.46. The molecule has 0 spiro atoms. The molecule has 0 atom stereocenters. The van der Waals surface area contributed by atoms with Crippen LogP contribution in [0.1, 0.15) is 27.5 Å². The zero-order valence-electron chi connectivity index (χ0n) is 14.2. The Labute approximate surface area is 150 Å². The summed E-state index contributed by atoms with van der Waals surface area (Å²) in [4.78, 5) is 23.5. The van der Waals surface area contributed by atoms with Gasteiger partial charge in [-0.1, -0.05) is 18.2 Å². The quantitative estimate of drug-likeness (QED) is 0.717. The number of hydrogen-bond donors (Lipinski definition) is 1. The van der Waals surface area contributed by atoms with Gasteiger partial charge in [-0.15, -0.1) is 11.3 Å². The van der Waals surface area contributed by atoms with Crippen molar-refractivity contribution in [2.75, 3.05) is 25.0 Å². The normalized spacial score (nSPS) is 13.2. The van der Waals surface area contributed by atoms with E-state index in [0.29, 0.717) is 12.2 Å². The molecular formula is C19H20N4OS. The van der Waals surface area contributed by atoms with E-state index in [0.717, 1.165) is 42.1 Å². The molecule has 128 valence electrons. The number of aryl methyl sites for hydroxylation is 1. The van der Waals surface area contributed by atoms with E-state index in [1.54, 1.807) is 11.3 Å². The number of carbonyl (C=O) groups is 1. The molecule has 2 aromatic heterocycles. The molecule has 4 rings (SSSR count). The Balaban J connectivity index is 1.31. The Morgan fingerprint density at radius 3 is 3.00 bits per heavy atom. The van der Waals surface area contributed by atoms with Crippen LogP contribution in [0.2, 0.25) is 0 Å². The third kappa shape index (κ3) is 3.35. The maximum atomic E-state index is 12.3. The van der Waals surface area contributed by atoms with Gasteiger partial charge < -0.3 is 10.2 Å². The van der Waals surface area contributed by atoms with Crippen molar-refractivity contribution in [3.05, 3.63) is 52.7 Å². The summed E-state index contributed by atoms with van der Waals surface area (Å²) in [5.41, 5.74) is 2.76. The Morgan fingerprint density at radius 2 is 2.12 bits per heavy atom. The molecule has 1 aliphatic heterocycles. The van der Waals surface area contributed by atoms with Gasteiger partial charge in [0.05, 0.1) is 15.2 Å². The van der Waals surface area contributed by atoms with Crippen LogP contribution in [0.5, 0.6) is 0 Å². The lowest BCUT2D eigenvalue weighted by Crippen LogP contribution is -2.26. The van der Waals surface area contributed by atoms with Crippen LogP contribution < -0.4 is 10.2 Å². The van der Waals surface area contributed by atoms with Crippen LogP contribution in [0.4, 0.5) is 5.82 Å². The number of carbonyl (C=O) groups excluding carboxylic acids is 1. The molecule has 6 heteroatoms.